The van der Waals surface area contributed by atoms with Gasteiger partial charge in [-0.3, -0.25) is 0 Å². The zero-order valence-electron chi connectivity index (χ0n) is 11.2. The van der Waals surface area contributed by atoms with Crippen LogP contribution in [0.1, 0.15) is 11.1 Å². The van der Waals surface area contributed by atoms with Crippen LogP contribution in [0.15, 0.2) is 35.1 Å². The molecule has 2 aromatic heterocycles. The molecule has 0 aromatic carbocycles. The largest absolute Gasteiger partial charge is 0.370 e. The lowest BCUT2D eigenvalue weighted by Gasteiger charge is -1.96. The fraction of sp³-hybridized carbons (Fsp3) is 0.286. The molecule has 0 aliphatic carbocycles. The molecule has 0 bridgehead atoms. The molecule has 0 spiro atoms. The van der Waals surface area contributed by atoms with Gasteiger partial charge in [0.05, 0.1) is 0 Å². The molecular weight excluding hydrogens is 464 g/mol. The summed E-state index contributed by atoms with van der Waals surface area (Å²) in [5, 5.41) is 6.38. The van der Waals surface area contributed by atoms with Gasteiger partial charge in [-0.05, 0) is 52.0 Å². The number of fused-ring (bicyclic) bond motifs is 2. The molecule has 0 unspecified atom stereocenters. The van der Waals surface area contributed by atoms with Gasteiger partial charge in [0.1, 0.15) is 11.6 Å². The Bertz CT molecular complexity index is 569. The van der Waals surface area contributed by atoms with Gasteiger partial charge >= 0.3 is 0 Å². The summed E-state index contributed by atoms with van der Waals surface area (Å²) in [4.78, 5) is 8.35. The van der Waals surface area contributed by atoms with Crippen LogP contribution >= 0.6 is 44.2 Å². The molecule has 0 saturated carbocycles. The maximum absolute atomic E-state index is 4.20. The lowest BCUT2D eigenvalue weighted by atomic mass is 10.2. The van der Waals surface area contributed by atoms with Gasteiger partial charge in [0.15, 0.2) is 0 Å². The second-order valence-corrected chi connectivity index (χ2v) is 5.44. The molecule has 4 rings (SSSR count). The number of anilines is 2. The quantitative estimate of drug-likeness (QED) is 0.583. The van der Waals surface area contributed by atoms with Crippen molar-refractivity contribution in [2.24, 2.45) is 0 Å². The SMILES string of the molecule is BrBr.Brc1cnc2c(c1)CCN2.c1cnc2c(c1)CCN2. The molecule has 4 nitrogen and oxygen atoms in total. The maximum atomic E-state index is 4.20. The van der Waals surface area contributed by atoms with Gasteiger partial charge in [-0.25, -0.2) is 9.97 Å². The average Bonchev–Trinajstić information content (AvgIpc) is 3.18. The van der Waals surface area contributed by atoms with E-state index in [1.54, 1.807) is 0 Å². The fourth-order valence-corrected chi connectivity index (χ4v) is 2.64. The van der Waals surface area contributed by atoms with E-state index in [-0.39, 0.29) is 0 Å². The van der Waals surface area contributed by atoms with Crippen molar-refractivity contribution in [3.63, 3.8) is 0 Å². The molecule has 2 aliphatic heterocycles. The zero-order chi connectivity index (χ0) is 15.1. The van der Waals surface area contributed by atoms with E-state index in [4.69, 9.17) is 0 Å². The predicted molar refractivity (Wildman–Crippen MR) is 98.4 cm³/mol. The number of rotatable bonds is 0. The Kier molecular flexibility index (Phi) is 6.92. The highest BCUT2D eigenvalue weighted by Crippen LogP contribution is 2.22. The highest BCUT2D eigenvalue weighted by Gasteiger charge is 2.10. The van der Waals surface area contributed by atoms with Crippen molar-refractivity contribution in [1.29, 1.82) is 0 Å². The van der Waals surface area contributed by atoms with Crippen LogP contribution in [0.25, 0.3) is 0 Å². The first-order valence-electron chi connectivity index (χ1n) is 6.53. The fourth-order valence-electron chi connectivity index (χ4n) is 2.26. The molecule has 7 heteroatoms. The van der Waals surface area contributed by atoms with Gasteiger partial charge in [0.2, 0.25) is 0 Å². The molecule has 0 saturated heterocycles. The molecule has 0 atom stereocenters. The number of halogens is 3. The van der Waals surface area contributed by atoms with Crippen molar-refractivity contribution in [3.8, 4) is 0 Å². The minimum atomic E-state index is 1.03. The van der Waals surface area contributed by atoms with Crippen LogP contribution in [0.4, 0.5) is 11.6 Å². The van der Waals surface area contributed by atoms with Crippen LogP contribution in [0.2, 0.25) is 0 Å². The summed E-state index contributed by atoms with van der Waals surface area (Å²) in [6.07, 6.45) is 5.86. The summed E-state index contributed by atoms with van der Waals surface area (Å²) in [5.74, 6) is 2.11. The van der Waals surface area contributed by atoms with Gasteiger partial charge in [0, 0.05) is 58.2 Å². The lowest BCUT2D eigenvalue weighted by Crippen LogP contribution is -1.92. The topological polar surface area (TPSA) is 49.8 Å². The first kappa shape index (κ1) is 16.7. The van der Waals surface area contributed by atoms with Crippen molar-refractivity contribution in [3.05, 3.63) is 46.2 Å². The van der Waals surface area contributed by atoms with E-state index in [0.717, 1.165) is 42.0 Å². The minimum Gasteiger partial charge on any atom is -0.370 e. The molecule has 0 fully saturated rings. The monoisotopic (exact) mass is 476 g/mol. The van der Waals surface area contributed by atoms with Crippen molar-refractivity contribution >= 4 is 55.8 Å². The molecule has 21 heavy (non-hydrogen) atoms. The summed E-state index contributed by atoms with van der Waals surface area (Å²) >= 11 is 8.87. The second-order valence-electron chi connectivity index (χ2n) is 4.53. The summed E-state index contributed by atoms with van der Waals surface area (Å²) in [6.45, 7) is 2.07. The van der Waals surface area contributed by atoms with E-state index in [9.17, 15) is 0 Å². The van der Waals surface area contributed by atoms with Gasteiger partial charge < -0.3 is 10.6 Å². The Morgan fingerprint density at radius 1 is 0.952 bits per heavy atom. The molecular formula is C14H15Br3N4. The van der Waals surface area contributed by atoms with Crippen LogP contribution in [-0.2, 0) is 12.8 Å². The normalized spacial score (nSPS) is 13.5. The highest BCUT2D eigenvalue weighted by molar-refractivity contribution is 9.93. The Morgan fingerprint density at radius 3 is 2.33 bits per heavy atom. The maximum Gasteiger partial charge on any atom is 0.129 e. The molecule has 2 aromatic rings. The van der Waals surface area contributed by atoms with E-state index < -0.39 is 0 Å². The molecule has 2 aliphatic rings. The molecule has 4 heterocycles. The van der Waals surface area contributed by atoms with E-state index in [2.05, 4.69) is 76.9 Å². The average molecular weight is 479 g/mol. The van der Waals surface area contributed by atoms with Crippen molar-refractivity contribution in [1.82, 2.24) is 9.97 Å². The summed E-state index contributed by atoms with van der Waals surface area (Å²) in [7, 11) is 0. The third-order valence-corrected chi connectivity index (χ3v) is 3.63. The summed E-state index contributed by atoms with van der Waals surface area (Å²) < 4.78 is 1.06. The summed E-state index contributed by atoms with van der Waals surface area (Å²) in [5.41, 5.74) is 2.66. The zero-order valence-corrected chi connectivity index (χ0v) is 16.0. The van der Waals surface area contributed by atoms with Crippen molar-refractivity contribution in [2.45, 2.75) is 12.8 Å². The number of hydrogen-bond donors (Lipinski definition) is 2. The second kappa shape index (κ2) is 8.70. The molecule has 0 radical (unpaired) electrons. The number of nitrogens with one attached hydrogen (secondary N) is 2. The van der Waals surface area contributed by atoms with Gasteiger partial charge in [-0.1, -0.05) is 6.07 Å². The smallest absolute Gasteiger partial charge is 0.129 e. The third kappa shape index (κ3) is 4.66. The van der Waals surface area contributed by atoms with Gasteiger partial charge in [-0.2, -0.15) is 0 Å². The molecule has 0 amide bonds. The predicted octanol–water partition coefficient (Wildman–Crippen LogP) is 4.55. The van der Waals surface area contributed by atoms with Gasteiger partial charge in [0.25, 0.3) is 0 Å². The number of nitrogens with zero attached hydrogens (tertiary/aromatic N) is 2. The van der Waals surface area contributed by atoms with Crippen LogP contribution in [0.5, 0.6) is 0 Å². The Labute approximate surface area is 148 Å². The third-order valence-electron chi connectivity index (χ3n) is 3.20. The Balaban J connectivity index is 0.000000138. The first-order chi connectivity index (χ1) is 10.3. The molecule has 112 valence electrons. The van der Waals surface area contributed by atoms with Crippen molar-refractivity contribution in [2.75, 3.05) is 23.7 Å². The van der Waals surface area contributed by atoms with E-state index in [0.29, 0.717) is 0 Å². The standard InChI is InChI=1S/C7H7BrN2.C7H8N2.Br2/c8-6-3-5-1-2-9-7(5)10-4-6;1-2-6-3-5-9-7(6)8-4-1;1-2/h3-4H,1-2H2,(H,9,10);1-2,4H,3,5H2,(H,8,9);. The van der Waals surface area contributed by atoms with Crippen LogP contribution in [-0.4, -0.2) is 23.1 Å². The van der Waals surface area contributed by atoms with Gasteiger partial charge in [-0.15, -0.1) is 0 Å². The van der Waals surface area contributed by atoms with E-state index in [1.807, 2.05) is 18.5 Å². The number of pyridine rings is 2. The van der Waals surface area contributed by atoms with Crippen LogP contribution in [0.3, 0.4) is 0 Å². The minimum absolute atomic E-state index is 1.03. The first-order valence-corrected chi connectivity index (χ1v) is 11.0. The Hall–Kier alpha value is -0.660. The van der Waals surface area contributed by atoms with Crippen LogP contribution in [0, 0.1) is 0 Å². The Morgan fingerprint density at radius 2 is 1.62 bits per heavy atom. The van der Waals surface area contributed by atoms with Crippen LogP contribution < -0.4 is 10.6 Å². The number of hydrogen-bond acceptors (Lipinski definition) is 4. The van der Waals surface area contributed by atoms with Crippen molar-refractivity contribution < 1.29 is 0 Å². The highest BCUT2D eigenvalue weighted by atomic mass is 80.9. The van der Waals surface area contributed by atoms with E-state index >= 15 is 0 Å². The lowest BCUT2D eigenvalue weighted by molar-refractivity contribution is 1.10. The molecule has 2 N–H and O–H groups in total. The van der Waals surface area contributed by atoms with E-state index in [1.165, 1.54) is 11.1 Å². The number of aromatic nitrogens is 2. The summed E-state index contributed by atoms with van der Waals surface area (Å²) in [6, 6.07) is 6.20.